The highest BCUT2D eigenvalue weighted by Crippen LogP contribution is 2.23. The van der Waals surface area contributed by atoms with Crippen molar-refractivity contribution in [3.05, 3.63) is 36.0 Å². The molecule has 1 fully saturated rings. The van der Waals surface area contributed by atoms with Crippen LogP contribution in [0, 0.1) is 0 Å². The highest BCUT2D eigenvalue weighted by Gasteiger charge is 2.17. The lowest BCUT2D eigenvalue weighted by molar-refractivity contribution is 0.206. The lowest BCUT2D eigenvalue weighted by Crippen LogP contribution is -2.39. The van der Waals surface area contributed by atoms with Crippen molar-refractivity contribution in [1.29, 1.82) is 0 Å². The van der Waals surface area contributed by atoms with E-state index in [1.165, 1.54) is 16.5 Å². The topological polar surface area (TPSA) is 34.2 Å². The van der Waals surface area contributed by atoms with Crippen molar-refractivity contribution in [3.8, 4) is 0 Å². The van der Waals surface area contributed by atoms with Crippen LogP contribution in [0.3, 0.4) is 0 Å². The van der Waals surface area contributed by atoms with Crippen molar-refractivity contribution in [2.24, 2.45) is 5.73 Å². The fraction of sp³-hybridized carbons (Fsp3) is 0.500. The lowest BCUT2D eigenvalue weighted by atomic mass is 10.1. The monoisotopic (exact) mass is 257 g/mol. The van der Waals surface area contributed by atoms with E-state index in [9.17, 15) is 0 Å². The summed E-state index contributed by atoms with van der Waals surface area (Å²) in [5, 5.41) is 1.40. The summed E-state index contributed by atoms with van der Waals surface area (Å²) < 4.78 is 2.35. The molecular weight excluding hydrogens is 234 g/mol. The number of para-hydroxylation sites is 1. The van der Waals surface area contributed by atoms with Gasteiger partial charge >= 0.3 is 0 Å². The Morgan fingerprint density at radius 1 is 1.21 bits per heavy atom. The van der Waals surface area contributed by atoms with Crippen LogP contribution in [0.1, 0.15) is 25.3 Å². The third-order valence-corrected chi connectivity index (χ3v) is 4.24. The van der Waals surface area contributed by atoms with E-state index in [0.717, 1.165) is 39.0 Å². The second-order valence-electron chi connectivity index (χ2n) is 5.57. The van der Waals surface area contributed by atoms with Crippen molar-refractivity contribution in [2.75, 3.05) is 13.1 Å². The van der Waals surface area contributed by atoms with E-state index >= 15 is 0 Å². The first kappa shape index (κ1) is 12.7. The van der Waals surface area contributed by atoms with Gasteiger partial charge in [-0.15, -0.1) is 0 Å². The number of fused-ring (bicyclic) bond motifs is 1. The Morgan fingerprint density at radius 2 is 1.95 bits per heavy atom. The molecule has 0 atom stereocenters. The Kier molecular flexibility index (Phi) is 3.58. The Labute approximate surface area is 115 Å². The van der Waals surface area contributed by atoms with E-state index in [0.29, 0.717) is 6.04 Å². The predicted molar refractivity (Wildman–Crippen MR) is 80.1 cm³/mol. The van der Waals surface area contributed by atoms with Gasteiger partial charge < -0.3 is 10.3 Å². The molecule has 0 amide bonds. The van der Waals surface area contributed by atoms with Crippen LogP contribution >= 0.6 is 0 Å². The summed E-state index contributed by atoms with van der Waals surface area (Å²) in [7, 11) is 0. The van der Waals surface area contributed by atoms with Crippen LogP contribution in [-0.4, -0.2) is 28.6 Å². The summed E-state index contributed by atoms with van der Waals surface area (Å²) >= 11 is 0. The standard InChI is InChI=1S/C16H23N3/c1-2-19-12-13(15-5-3-4-6-16(15)19)11-18-9-7-14(17)8-10-18/h3-6,12,14H,2,7-11,17H2,1H3. The predicted octanol–water partition coefficient (Wildman–Crippen LogP) is 2.58. The van der Waals surface area contributed by atoms with Gasteiger partial charge in [0.25, 0.3) is 0 Å². The van der Waals surface area contributed by atoms with Gasteiger partial charge in [-0.3, -0.25) is 4.90 Å². The smallest absolute Gasteiger partial charge is 0.0483 e. The summed E-state index contributed by atoms with van der Waals surface area (Å²) in [5.74, 6) is 0. The van der Waals surface area contributed by atoms with Crippen molar-refractivity contribution < 1.29 is 0 Å². The molecule has 0 radical (unpaired) electrons. The molecule has 3 heteroatoms. The number of hydrogen-bond donors (Lipinski definition) is 1. The highest BCUT2D eigenvalue weighted by molar-refractivity contribution is 5.83. The maximum atomic E-state index is 5.98. The molecule has 1 aromatic carbocycles. The Balaban J connectivity index is 1.84. The number of hydrogen-bond acceptors (Lipinski definition) is 2. The average molecular weight is 257 g/mol. The van der Waals surface area contributed by atoms with Gasteiger partial charge in [-0.25, -0.2) is 0 Å². The Morgan fingerprint density at radius 3 is 2.68 bits per heavy atom. The molecule has 0 unspecified atom stereocenters. The molecule has 0 aliphatic carbocycles. The number of likely N-dealkylation sites (tertiary alicyclic amines) is 1. The number of nitrogens with two attached hydrogens (primary N) is 1. The zero-order chi connectivity index (χ0) is 13.2. The van der Waals surface area contributed by atoms with E-state index in [1.807, 2.05) is 0 Å². The zero-order valence-electron chi connectivity index (χ0n) is 11.7. The molecule has 102 valence electrons. The largest absolute Gasteiger partial charge is 0.347 e. The molecule has 1 saturated heterocycles. The van der Waals surface area contributed by atoms with Gasteiger partial charge in [-0.2, -0.15) is 0 Å². The number of aromatic nitrogens is 1. The van der Waals surface area contributed by atoms with E-state index < -0.39 is 0 Å². The van der Waals surface area contributed by atoms with Gasteiger partial charge in [0.05, 0.1) is 0 Å². The third kappa shape index (κ3) is 2.53. The molecule has 2 N–H and O–H groups in total. The van der Waals surface area contributed by atoms with Gasteiger partial charge in [0.1, 0.15) is 0 Å². The summed E-state index contributed by atoms with van der Waals surface area (Å²) in [6.45, 7) is 6.56. The van der Waals surface area contributed by atoms with Gasteiger partial charge in [-0.05, 0) is 44.5 Å². The van der Waals surface area contributed by atoms with Gasteiger partial charge in [0.15, 0.2) is 0 Å². The molecule has 0 bridgehead atoms. The molecule has 2 heterocycles. The first-order valence-electron chi connectivity index (χ1n) is 7.32. The van der Waals surface area contributed by atoms with Crippen LogP contribution in [0.15, 0.2) is 30.5 Å². The van der Waals surface area contributed by atoms with E-state index in [1.54, 1.807) is 0 Å². The number of rotatable bonds is 3. The van der Waals surface area contributed by atoms with Crippen LogP contribution in [0.25, 0.3) is 10.9 Å². The maximum Gasteiger partial charge on any atom is 0.0483 e. The van der Waals surface area contributed by atoms with Crippen LogP contribution in [-0.2, 0) is 13.1 Å². The third-order valence-electron chi connectivity index (χ3n) is 4.24. The Hall–Kier alpha value is -1.32. The van der Waals surface area contributed by atoms with Crippen LogP contribution < -0.4 is 5.73 Å². The SMILES string of the molecule is CCn1cc(CN2CCC(N)CC2)c2ccccc21. The minimum Gasteiger partial charge on any atom is -0.347 e. The molecule has 1 aliphatic rings. The summed E-state index contributed by atoms with van der Waals surface area (Å²) in [6.07, 6.45) is 4.58. The van der Waals surface area contributed by atoms with Gasteiger partial charge in [-0.1, -0.05) is 18.2 Å². The molecule has 3 nitrogen and oxygen atoms in total. The summed E-state index contributed by atoms with van der Waals surface area (Å²) in [6, 6.07) is 9.13. The molecule has 0 saturated carbocycles. The zero-order valence-corrected chi connectivity index (χ0v) is 11.7. The van der Waals surface area contributed by atoms with Crippen LogP contribution in [0.4, 0.5) is 0 Å². The number of piperidine rings is 1. The molecular formula is C16H23N3. The van der Waals surface area contributed by atoms with Crippen molar-refractivity contribution in [3.63, 3.8) is 0 Å². The summed E-state index contributed by atoms with van der Waals surface area (Å²) in [4.78, 5) is 2.53. The van der Waals surface area contributed by atoms with E-state index in [4.69, 9.17) is 5.73 Å². The van der Waals surface area contributed by atoms with Crippen LogP contribution in [0.2, 0.25) is 0 Å². The molecule has 3 rings (SSSR count). The average Bonchev–Trinajstić information content (AvgIpc) is 2.80. The Bertz CT molecular complexity index is 550. The maximum absolute atomic E-state index is 5.98. The number of nitrogens with zero attached hydrogens (tertiary/aromatic N) is 2. The second-order valence-corrected chi connectivity index (χ2v) is 5.57. The highest BCUT2D eigenvalue weighted by atomic mass is 15.1. The van der Waals surface area contributed by atoms with Crippen molar-refractivity contribution in [1.82, 2.24) is 9.47 Å². The van der Waals surface area contributed by atoms with Gasteiger partial charge in [0.2, 0.25) is 0 Å². The second kappa shape index (κ2) is 5.35. The number of aryl methyl sites for hydroxylation is 1. The first-order valence-corrected chi connectivity index (χ1v) is 7.32. The fourth-order valence-electron chi connectivity index (χ4n) is 3.06. The van der Waals surface area contributed by atoms with E-state index in [2.05, 4.69) is 46.9 Å². The fourth-order valence-corrected chi connectivity index (χ4v) is 3.06. The number of benzene rings is 1. The van der Waals surface area contributed by atoms with Crippen molar-refractivity contribution >= 4 is 10.9 Å². The normalized spacial score (nSPS) is 18.2. The molecule has 19 heavy (non-hydrogen) atoms. The minimum absolute atomic E-state index is 0.410. The van der Waals surface area contributed by atoms with Gasteiger partial charge in [0, 0.05) is 36.2 Å². The lowest BCUT2D eigenvalue weighted by Gasteiger charge is -2.29. The summed E-state index contributed by atoms with van der Waals surface area (Å²) in [5.41, 5.74) is 8.78. The molecule has 0 spiro atoms. The molecule has 2 aromatic rings. The molecule has 1 aliphatic heterocycles. The van der Waals surface area contributed by atoms with E-state index in [-0.39, 0.29) is 0 Å². The van der Waals surface area contributed by atoms with Crippen molar-refractivity contribution in [2.45, 2.75) is 38.9 Å². The quantitative estimate of drug-likeness (QED) is 0.917. The van der Waals surface area contributed by atoms with Crippen LogP contribution in [0.5, 0.6) is 0 Å². The minimum atomic E-state index is 0.410. The molecule has 1 aromatic heterocycles. The first-order chi connectivity index (χ1) is 9.28.